The van der Waals surface area contributed by atoms with Gasteiger partial charge in [-0.3, -0.25) is 14.5 Å². The van der Waals surface area contributed by atoms with Gasteiger partial charge in [-0.1, -0.05) is 28.1 Å². The van der Waals surface area contributed by atoms with E-state index in [1.807, 2.05) is 36.1 Å². The molecule has 2 amide bonds. The smallest absolute Gasteiger partial charge is 0.253 e. The molecule has 0 radical (unpaired) electrons. The lowest BCUT2D eigenvalue weighted by atomic mass is 10.1. The second kappa shape index (κ2) is 10.0. The highest BCUT2D eigenvalue weighted by Crippen LogP contribution is 2.17. The maximum absolute atomic E-state index is 12.8. The van der Waals surface area contributed by atoms with Crippen LogP contribution in [0.4, 0.5) is 5.69 Å². The van der Waals surface area contributed by atoms with Gasteiger partial charge in [-0.25, -0.2) is 0 Å². The van der Waals surface area contributed by atoms with Crippen molar-refractivity contribution in [2.75, 3.05) is 44.2 Å². The first-order valence-corrected chi connectivity index (χ1v) is 10.9. The number of hydrogen-bond acceptors (Lipinski definition) is 3. The Hall–Kier alpha value is -2.18. The van der Waals surface area contributed by atoms with Gasteiger partial charge >= 0.3 is 0 Å². The molecule has 0 aliphatic carbocycles. The highest BCUT2D eigenvalue weighted by molar-refractivity contribution is 9.10. The molecule has 0 unspecified atom stereocenters. The van der Waals surface area contributed by atoms with Crippen molar-refractivity contribution in [3.8, 4) is 0 Å². The van der Waals surface area contributed by atoms with E-state index in [0.29, 0.717) is 12.1 Å². The first-order valence-electron chi connectivity index (χ1n) is 10.1. The normalized spacial score (nSPS) is 14.7. The molecule has 1 fully saturated rings. The molecule has 2 aromatic rings. The summed E-state index contributed by atoms with van der Waals surface area (Å²) in [6.07, 6.45) is 1.02. The van der Waals surface area contributed by atoms with Gasteiger partial charge < -0.3 is 9.80 Å². The molecule has 0 spiro atoms. The summed E-state index contributed by atoms with van der Waals surface area (Å²) in [5.74, 6) is 0.0702. The predicted molar refractivity (Wildman–Crippen MR) is 120 cm³/mol. The third kappa shape index (κ3) is 5.67. The lowest BCUT2D eigenvalue weighted by Gasteiger charge is -2.34. The average molecular weight is 458 g/mol. The molecule has 0 aromatic heterocycles. The van der Waals surface area contributed by atoms with Crippen LogP contribution in [0, 0.1) is 0 Å². The number of anilines is 1. The number of carbonyl (C=O) groups excluding carboxylic acids is 2. The summed E-state index contributed by atoms with van der Waals surface area (Å²) in [5.41, 5.74) is 2.84. The zero-order chi connectivity index (χ0) is 20.8. The molecule has 2 aromatic carbocycles. The summed E-state index contributed by atoms with van der Waals surface area (Å²) in [6, 6.07) is 15.8. The molecule has 3 rings (SSSR count). The Morgan fingerprint density at radius 2 is 1.59 bits per heavy atom. The highest BCUT2D eigenvalue weighted by Gasteiger charge is 2.22. The monoisotopic (exact) mass is 457 g/mol. The van der Waals surface area contributed by atoms with E-state index in [1.165, 1.54) is 5.56 Å². The second-order valence-electron chi connectivity index (χ2n) is 7.32. The Bertz CT molecular complexity index is 828. The van der Waals surface area contributed by atoms with E-state index in [4.69, 9.17) is 0 Å². The van der Waals surface area contributed by atoms with Gasteiger partial charge in [0, 0.05) is 61.9 Å². The minimum Gasteiger partial charge on any atom is -0.336 e. The number of halogens is 1. The van der Waals surface area contributed by atoms with Crippen molar-refractivity contribution < 1.29 is 9.59 Å². The molecule has 29 heavy (non-hydrogen) atoms. The van der Waals surface area contributed by atoms with Crippen LogP contribution in [0.25, 0.3) is 0 Å². The van der Waals surface area contributed by atoms with Crippen molar-refractivity contribution in [2.45, 2.75) is 20.3 Å². The van der Waals surface area contributed by atoms with Gasteiger partial charge in [0.2, 0.25) is 5.91 Å². The van der Waals surface area contributed by atoms with Crippen molar-refractivity contribution >= 4 is 33.4 Å². The minimum absolute atomic E-state index is 0.00540. The van der Waals surface area contributed by atoms with Gasteiger partial charge in [0.1, 0.15) is 0 Å². The highest BCUT2D eigenvalue weighted by atomic mass is 79.9. The molecule has 5 nitrogen and oxygen atoms in total. The summed E-state index contributed by atoms with van der Waals surface area (Å²) < 4.78 is 1.10. The Morgan fingerprint density at radius 3 is 2.14 bits per heavy atom. The molecule has 0 atom stereocenters. The predicted octanol–water partition coefficient (Wildman–Crippen LogP) is 3.82. The first-order chi connectivity index (χ1) is 14.0. The van der Waals surface area contributed by atoms with E-state index < -0.39 is 0 Å². The molecular weight excluding hydrogens is 430 g/mol. The molecule has 1 aliphatic heterocycles. The van der Waals surface area contributed by atoms with Crippen LogP contribution in [-0.2, 0) is 11.2 Å². The number of piperazine rings is 1. The lowest BCUT2D eigenvalue weighted by molar-refractivity contribution is -0.116. The molecule has 0 saturated carbocycles. The fraction of sp³-hybridized carbons (Fsp3) is 0.391. The maximum atomic E-state index is 12.8. The third-order valence-electron chi connectivity index (χ3n) is 5.41. The summed E-state index contributed by atoms with van der Waals surface area (Å²) in [5, 5.41) is 0. The van der Waals surface area contributed by atoms with E-state index in [2.05, 4.69) is 45.1 Å². The van der Waals surface area contributed by atoms with E-state index in [9.17, 15) is 9.59 Å². The molecular formula is C23H28BrN3O2. The van der Waals surface area contributed by atoms with Gasteiger partial charge in [-0.05, 0) is 55.3 Å². The van der Waals surface area contributed by atoms with E-state index in [0.717, 1.165) is 49.3 Å². The quantitative estimate of drug-likeness (QED) is 0.661. The molecule has 154 valence electrons. The zero-order valence-corrected chi connectivity index (χ0v) is 18.7. The Balaban J connectivity index is 1.50. The van der Waals surface area contributed by atoms with Crippen LogP contribution < -0.4 is 4.90 Å². The molecule has 0 N–H and O–H groups in total. The standard InChI is InChI=1S/C23H28BrN3O2/c1-3-27(18(2)28)22-10-6-20(7-11-22)23(29)26-16-14-25(15-17-26)13-12-19-4-8-21(24)9-5-19/h4-11H,3,12-17H2,1-2H3. The van der Waals surface area contributed by atoms with Crippen molar-refractivity contribution in [2.24, 2.45) is 0 Å². The zero-order valence-electron chi connectivity index (χ0n) is 17.1. The van der Waals surface area contributed by atoms with Crippen LogP contribution in [0.15, 0.2) is 53.0 Å². The Morgan fingerprint density at radius 1 is 0.966 bits per heavy atom. The SMILES string of the molecule is CCN(C(C)=O)c1ccc(C(=O)N2CCN(CCc3ccc(Br)cc3)CC2)cc1. The fourth-order valence-corrected chi connectivity index (χ4v) is 3.93. The molecule has 1 saturated heterocycles. The Kier molecular flexibility index (Phi) is 7.45. The average Bonchev–Trinajstić information content (AvgIpc) is 2.74. The molecule has 6 heteroatoms. The van der Waals surface area contributed by atoms with Gasteiger partial charge in [0.25, 0.3) is 5.91 Å². The van der Waals surface area contributed by atoms with Crippen LogP contribution in [0.3, 0.4) is 0 Å². The van der Waals surface area contributed by atoms with Crippen LogP contribution in [0.2, 0.25) is 0 Å². The lowest BCUT2D eigenvalue weighted by Crippen LogP contribution is -2.49. The van der Waals surface area contributed by atoms with Crippen LogP contribution in [-0.4, -0.2) is 60.9 Å². The number of rotatable bonds is 6. The molecule has 1 heterocycles. The number of carbonyl (C=O) groups is 2. The van der Waals surface area contributed by atoms with Gasteiger partial charge in [-0.15, -0.1) is 0 Å². The summed E-state index contributed by atoms with van der Waals surface area (Å²) in [6.45, 7) is 8.41. The van der Waals surface area contributed by atoms with Crippen molar-refractivity contribution in [1.29, 1.82) is 0 Å². The number of nitrogens with zero attached hydrogens (tertiary/aromatic N) is 3. The van der Waals surface area contributed by atoms with E-state index >= 15 is 0 Å². The third-order valence-corrected chi connectivity index (χ3v) is 5.94. The van der Waals surface area contributed by atoms with Crippen molar-refractivity contribution in [3.63, 3.8) is 0 Å². The number of benzene rings is 2. The van der Waals surface area contributed by atoms with E-state index in [-0.39, 0.29) is 11.8 Å². The number of amides is 2. The summed E-state index contributed by atoms with van der Waals surface area (Å²) >= 11 is 3.47. The summed E-state index contributed by atoms with van der Waals surface area (Å²) in [7, 11) is 0. The molecule has 1 aliphatic rings. The van der Waals surface area contributed by atoms with Crippen molar-refractivity contribution in [1.82, 2.24) is 9.80 Å². The first kappa shape index (κ1) is 21.5. The van der Waals surface area contributed by atoms with Gasteiger partial charge in [0.05, 0.1) is 0 Å². The van der Waals surface area contributed by atoms with Gasteiger partial charge in [0.15, 0.2) is 0 Å². The topological polar surface area (TPSA) is 43.9 Å². The van der Waals surface area contributed by atoms with Gasteiger partial charge in [-0.2, -0.15) is 0 Å². The fourth-order valence-electron chi connectivity index (χ4n) is 3.67. The van der Waals surface area contributed by atoms with Crippen LogP contribution in [0.5, 0.6) is 0 Å². The second-order valence-corrected chi connectivity index (χ2v) is 8.24. The van der Waals surface area contributed by atoms with Crippen LogP contribution in [0.1, 0.15) is 29.8 Å². The van der Waals surface area contributed by atoms with Crippen molar-refractivity contribution in [3.05, 3.63) is 64.1 Å². The number of hydrogen-bond donors (Lipinski definition) is 0. The molecule has 0 bridgehead atoms. The van der Waals surface area contributed by atoms with Crippen LogP contribution >= 0.6 is 15.9 Å². The maximum Gasteiger partial charge on any atom is 0.253 e. The minimum atomic E-state index is 0.00540. The largest absolute Gasteiger partial charge is 0.336 e. The Labute approximate surface area is 181 Å². The van der Waals surface area contributed by atoms with E-state index in [1.54, 1.807) is 11.8 Å². The summed E-state index contributed by atoms with van der Waals surface area (Å²) in [4.78, 5) is 30.5.